The lowest BCUT2D eigenvalue weighted by molar-refractivity contribution is 0.561. The van der Waals surface area contributed by atoms with Gasteiger partial charge in [0.15, 0.2) is 0 Å². The largest absolute Gasteiger partial charge is 0.389 e. The fraction of sp³-hybridized carbons (Fsp3) is 0.714. The Morgan fingerprint density at radius 1 is 1.53 bits per heavy atom. The van der Waals surface area contributed by atoms with Crippen LogP contribution < -0.4 is 10.6 Å². The highest BCUT2D eigenvalue weighted by Gasteiger charge is 2.33. The lowest BCUT2D eigenvalue weighted by Crippen LogP contribution is -2.31. The van der Waals surface area contributed by atoms with Gasteiger partial charge in [-0.2, -0.15) is 5.10 Å². The van der Waals surface area contributed by atoms with Crippen molar-refractivity contribution in [3.05, 3.63) is 11.3 Å². The summed E-state index contributed by atoms with van der Waals surface area (Å²) in [5.41, 5.74) is 7.78. The van der Waals surface area contributed by atoms with Crippen LogP contribution in [0.5, 0.6) is 0 Å². The minimum Gasteiger partial charge on any atom is -0.389 e. The maximum absolute atomic E-state index is 5.89. The van der Waals surface area contributed by atoms with Crippen LogP contribution in [0.4, 0.5) is 5.82 Å². The van der Waals surface area contributed by atoms with Gasteiger partial charge in [0.1, 0.15) is 10.8 Å². The maximum Gasteiger partial charge on any atom is 0.137 e. The second-order valence-corrected chi connectivity index (χ2v) is 6.32. The van der Waals surface area contributed by atoms with E-state index in [-0.39, 0.29) is 0 Å². The van der Waals surface area contributed by atoms with Crippen molar-refractivity contribution in [2.45, 2.75) is 46.1 Å². The Balaban J connectivity index is 2.33. The molecule has 106 valence electrons. The normalized spacial score (nSPS) is 15.0. The number of rotatable bonds is 6. The van der Waals surface area contributed by atoms with Gasteiger partial charge in [-0.05, 0) is 32.1 Å². The van der Waals surface area contributed by atoms with E-state index >= 15 is 0 Å². The van der Waals surface area contributed by atoms with Crippen molar-refractivity contribution in [1.82, 2.24) is 9.78 Å². The highest BCUT2D eigenvalue weighted by Crippen LogP contribution is 2.34. The molecule has 5 heteroatoms. The van der Waals surface area contributed by atoms with Crippen LogP contribution in [-0.2, 0) is 7.05 Å². The van der Waals surface area contributed by atoms with Crippen molar-refractivity contribution in [2.24, 2.45) is 18.7 Å². The monoisotopic (exact) mass is 280 g/mol. The van der Waals surface area contributed by atoms with Gasteiger partial charge in [0.05, 0.1) is 11.3 Å². The number of thiocarbonyl (C=S) groups is 1. The van der Waals surface area contributed by atoms with Crippen molar-refractivity contribution in [1.29, 1.82) is 0 Å². The summed E-state index contributed by atoms with van der Waals surface area (Å²) in [6.07, 6.45) is 3.70. The van der Waals surface area contributed by atoms with Crippen molar-refractivity contribution < 1.29 is 0 Å². The highest BCUT2D eigenvalue weighted by atomic mass is 32.1. The third-order valence-electron chi connectivity index (χ3n) is 3.65. The molecule has 19 heavy (non-hydrogen) atoms. The summed E-state index contributed by atoms with van der Waals surface area (Å²) in [5, 5.41) is 4.50. The first-order valence-electron chi connectivity index (χ1n) is 7.01. The van der Waals surface area contributed by atoms with Crippen LogP contribution in [0.25, 0.3) is 0 Å². The number of hydrogen-bond acceptors (Lipinski definition) is 3. The fourth-order valence-corrected chi connectivity index (χ4v) is 2.75. The van der Waals surface area contributed by atoms with Crippen LogP contribution in [0, 0.1) is 12.8 Å². The van der Waals surface area contributed by atoms with Gasteiger partial charge in [-0.1, -0.05) is 26.1 Å². The van der Waals surface area contributed by atoms with Crippen LogP contribution in [0.15, 0.2) is 0 Å². The predicted molar refractivity (Wildman–Crippen MR) is 83.7 cm³/mol. The summed E-state index contributed by atoms with van der Waals surface area (Å²) in [6, 6.07) is 0.640. The Labute approximate surface area is 121 Å². The van der Waals surface area contributed by atoms with E-state index in [9.17, 15) is 0 Å². The number of nitrogens with two attached hydrogens (primary N) is 1. The molecule has 0 aliphatic heterocycles. The van der Waals surface area contributed by atoms with Gasteiger partial charge in [-0.3, -0.25) is 4.68 Å². The van der Waals surface area contributed by atoms with E-state index in [1.54, 1.807) is 0 Å². The van der Waals surface area contributed by atoms with E-state index in [1.165, 1.54) is 19.3 Å². The molecule has 0 spiro atoms. The number of aryl methyl sites for hydroxylation is 2. The Bertz CT molecular complexity index is 474. The predicted octanol–water partition coefficient (Wildman–Crippen LogP) is 2.38. The molecular formula is C14H24N4S. The van der Waals surface area contributed by atoms with Crippen LogP contribution in [0.1, 0.15) is 44.4 Å². The van der Waals surface area contributed by atoms with Gasteiger partial charge in [0.25, 0.3) is 0 Å². The van der Waals surface area contributed by atoms with Crippen molar-refractivity contribution in [3.8, 4) is 0 Å². The van der Waals surface area contributed by atoms with Gasteiger partial charge in [-0.25, -0.2) is 0 Å². The van der Waals surface area contributed by atoms with Crippen LogP contribution in [0.3, 0.4) is 0 Å². The molecule has 1 heterocycles. The maximum atomic E-state index is 5.89. The Hall–Kier alpha value is -1.10. The van der Waals surface area contributed by atoms with Gasteiger partial charge < -0.3 is 10.6 Å². The molecule has 0 aromatic carbocycles. The zero-order chi connectivity index (χ0) is 14.2. The van der Waals surface area contributed by atoms with Gasteiger partial charge in [-0.15, -0.1) is 0 Å². The SMILES string of the molecule is Cc1nn(C)c(N(CCC(C)C)C2CC2)c1C(N)=S. The first kappa shape index (κ1) is 14.3. The Kier molecular flexibility index (Phi) is 4.13. The van der Waals surface area contributed by atoms with E-state index in [2.05, 4.69) is 23.8 Å². The van der Waals surface area contributed by atoms with Crippen molar-refractivity contribution >= 4 is 23.0 Å². The molecule has 0 atom stereocenters. The Morgan fingerprint density at radius 2 is 2.16 bits per heavy atom. The molecule has 0 saturated heterocycles. The first-order valence-corrected chi connectivity index (χ1v) is 7.42. The molecule has 0 radical (unpaired) electrons. The highest BCUT2D eigenvalue weighted by molar-refractivity contribution is 7.80. The minimum atomic E-state index is 0.454. The summed E-state index contributed by atoms with van der Waals surface area (Å²) < 4.78 is 1.93. The summed E-state index contributed by atoms with van der Waals surface area (Å²) in [6.45, 7) is 7.55. The number of hydrogen-bond donors (Lipinski definition) is 1. The zero-order valence-electron chi connectivity index (χ0n) is 12.3. The molecule has 2 N–H and O–H groups in total. The van der Waals surface area contributed by atoms with E-state index in [0.29, 0.717) is 16.9 Å². The lowest BCUT2D eigenvalue weighted by Gasteiger charge is -2.26. The molecule has 1 saturated carbocycles. The molecule has 2 rings (SSSR count). The van der Waals surface area contributed by atoms with E-state index in [0.717, 1.165) is 23.6 Å². The molecule has 4 nitrogen and oxygen atoms in total. The van der Waals surface area contributed by atoms with Crippen molar-refractivity contribution in [2.75, 3.05) is 11.4 Å². The summed E-state index contributed by atoms with van der Waals surface area (Å²) >= 11 is 5.21. The molecule has 0 unspecified atom stereocenters. The van der Waals surface area contributed by atoms with E-state index in [1.807, 2.05) is 18.7 Å². The van der Waals surface area contributed by atoms with Crippen LogP contribution in [0.2, 0.25) is 0 Å². The summed E-state index contributed by atoms with van der Waals surface area (Å²) in [4.78, 5) is 2.91. The average molecular weight is 280 g/mol. The molecule has 1 fully saturated rings. The fourth-order valence-electron chi connectivity index (χ4n) is 2.51. The van der Waals surface area contributed by atoms with Crippen LogP contribution >= 0.6 is 12.2 Å². The second-order valence-electron chi connectivity index (χ2n) is 5.88. The third-order valence-corrected chi connectivity index (χ3v) is 3.85. The number of nitrogens with zero attached hydrogens (tertiary/aromatic N) is 3. The smallest absolute Gasteiger partial charge is 0.137 e. The van der Waals surface area contributed by atoms with Gasteiger partial charge in [0.2, 0.25) is 0 Å². The third kappa shape index (κ3) is 3.08. The minimum absolute atomic E-state index is 0.454. The zero-order valence-corrected chi connectivity index (χ0v) is 13.1. The van der Waals surface area contributed by atoms with Crippen molar-refractivity contribution in [3.63, 3.8) is 0 Å². The topological polar surface area (TPSA) is 47.1 Å². The van der Waals surface area contributed by atoms with Gasteiger partial charge >= 0.3 is 0 Å². The lowest BCUT2D eigenvalue weighted by atomic mass is 10.1. The van der Waals surface area contributed by atoms with E-state index < -0.39 is 0 Å². The average Bonchev–Trinajstić information content (AvgIpc) is 3.06. The molecule has 1 aromatic heterocycles. The first-order chi connectivity index (χ1) is 8.91. The van der Waals surface area contributed by atoms with Crippen LogP contribution in [-0.4, -0.2) is 27.4 Å². The molecular weight excluding hydrogens is 256 g/mol. The molecule has 0 amide bonds. The molecule has 1 aliphatic rings. The summed E-state index contributed by atoms with van der Waals surface area (Å²) in [7, 11) is 1.98. The number of anilines is 1. The summed E-state index contributed by atoms with van der Waals surface area (Å²) in [5.74, 6) is 1.80. The van der Waals surface area contributed by atoms with Gasteiger partial charge in [0, 0.05) is 19.6 Å². The van der Waals surface area contributed by atoms with E-state index in [4.69, 9.17) is 18.0 Å². The molecule has 1 aliphatic carbocycles. The second kappa shape index (κ2) is 5.49. The molecule has 0 bridgehead atoms. The quantitative estimate of drug-likeness (QED) is 0.813. The molecule has 1 aromatic rings. The standard InChI is InChI=1S/C14H24N4S/c1-9(2)7-8-18(11-5-6-11)14-12(13(15)19)10(3)16-17(14)4/h9,11H,5-8H2,1-4H3,(H2,15,19). The number of aromatic nitrogens is 2. The Morgan fingerprint density at radius 3 is 2.63 bits per heavy atom.